The van der Waals surface area contributed by atoms with E-state index < -0.39 is 0 Å². The van der Waals surface area contributed by atoms with Gasteiger partial charge < -0.3 is 15.0 Å². The third kappa shape index (κ3) is 3.10. The van der Waals surface area contributed by atoms with Gasteiger partial charge in [0, 0.05) is 31.6 Å². The minimum atomic E-state index is 0.0883. The highest BCUT2D eigenvalue weighted by atomic mass is 32.1. The van der Waals surface area contributed by atoms with Gasteiger partial charge in [-0.1, -0.05) is 0 Å². The molecule has 0 spiro atoms. The van der Waals surface area contributed by atoms with Crippen molar-refractivity contribution in [2.75, 3.05) is 33.3 Å². The maximum atomic E-state index is 12.2. The Labute approximate surface area is 112 Å². The number of rotatable bonds is 3. The fourth-order valence-electron chi connectivity index (χ4n) is 1.99. The molecule has 1 aromatic rings. The quantitative estimate of drug-likeness (QED) is 0.901. The molecule has 0 aliphatic carbocycles. The molecule has 0 bridgehead atoms. The van der Waals surface area contributed by atoms with E-state index in [1.807, 2.05) is 27.0 Å². The lowest BCUT2D eigenvalue weighted by Gasteiger charge is -2.27. The van der Waals surface area contributed by atoms with Crippen LogP contribution >= 0.6 is 11.3 Å². The number of hydrogen-bond acceptors (Lipinski definition) is 4. The van der Waals surface area contributed by atoms with Crippen molar-refractivity contribution in [1.29, 1.82) is 0 Å². The van der Waals surface area contributed by atoms with Crippen molar-refractivity contribution in [2.24, 2.45) is 0 Å². The third-order valence-corrected chi connectivity index (χ3v) is 4.35. The van der Waals surface area contributed by atoms with Crippen LogP contribution in [-0.4, -0.2) is 50.2 Å². The van der Waals surface area contributed by atoms with Crippen LogP contribution in [0.2, 0.25) is 0 Å². The Bertz CT molecular complexity index is 405. The van der Waals surface area contributed by atoms with Crippen molar-refractivity contribution < 1.29 is 9.53 Å². The van der Waals surface area contributed by atoms with Crippen LogP contribution in [0.25, 0.3) is 0 Å². The highest BCUT2D eigenvalue weighted by Crippen LogP contribution is 2.21. The molecule has 100 valence electrons. The van der Waals surface area contributed by atoms with Gasteiger partial charge in [0.25, 0.3) is 5.91 Å². The fraction of sp³-hybridized carbons (Fsp3) is 0.615. The van der Waals surface area contributed by atoms with Crippen molar-refractivity contribution >= 4 is 17.2 Å². The van der Waals surface area contributed by atoms with Crippen LogP contribution in [0.3, 0.4) is 0 Å². The molecule has 1 fully saturated rings. The average Bonchev–Trinajstić information content (AvgIpc) is 2.70. The van der Waals surface area contributed by atoms with E-state index in [1.54, 1.807) is 16.2 Å². The first-order chi connectivity index (χ1) is 8.58. The standard InChI is InChI=1S/C13H20N2O2S/c1-9-6-12(18-10(9)2)13(16)15(3)8-11-7-14-4-5-17-11/h6,11,14H,4-5,7-8H2,1-3H3. The zero-order chi connectivity index (χ0) is 13.1. The van der Waals surface area contributed by atoms with Gasteiger partial charge in [-0.05, 0) is 25.5 Å². The lowest BCUT2D eigenvalue weighted by Crippen LogP contribution is -2.45. The summed E-state index contributed by atoms with van der Waals surface area (Å²) in [6.07, 6.45) is 0.106. The van der Waals surface area contributed by atoms with Crippen molar-refractivity contribution in [3.05, 3.63) is 21.4 Å². The van der Waals surface area contributed by atoms with Crippen molar-refractivity contribution in [1.82, 2.24) is 10.2 Å². The van der Waals surface area contributed by atoms with Crippen molar-refractivity contribution in [3.63, 3.8) is 0 Å². The van der Waals surface area contributed by atoms with E-state index in [2.05, 4.69) is 5.32 Å². The summed E-state index contributed by atoms with van der Waals surface area (Å²) < 4.78 is 5.61. The normalized spacial score (nSPS) is 19.8. The first-order valence-corrected chi connectivity index (χ1v) is 7.04. The maximum absolute atomic E-state index is 12.2. The van der Waals surface area contributed by atoms with Crippen LogP contribution in [-0.2, 0) is 4.74 Å². The van der Waals surface area contributed by atoms with E-state index in [0.717, 1.165) is 24.6 Å². The Morgan fingerprint density at radius 3 is 2.94 bits per heavy atom. The molecule has 18 heavy (non-hydrogen) atoms. The van der Waals surface area contributed by atoms with E-state index in [9.17, 15) is 4.79 Å². The number of ether oxygens (including phenoxy) is 1. The van der Waals surface area contributed by atoms with Crippen molar-refractivity contribution in [2.45, 2.75) is 20.0 Å². The maximum Gasteiger partial charge on any atom is 0.263 e. The second kappa shape index (κ2) is 5.82. The molecule has 1 amide bonds. The van der Waals surface area contributed by atoms with Gasteiger partial charge in [0.1, 0.15) is 0 Å². The van der Waals surface area contributed by atoms with Gasteiger partial charge in [0.05, 0.1) is 17.6 Å². The van der Waals surface area contributed by atoms with Crippen LogP contribution < -0.4 is 5.32 Å². The summed E-state index contributed by atoms with van der Waals surface area (Å²) in [4.78, 5) is 16.0. The number of thiophene rings is 1. The summed E-state index contributed by atoms with van der Waals surface area (Å²) in [6.45, 7) is 7.17. The molecule has 1 saturated heterocycles. The Hall–Kier alpha value is -0.910. The molecule has 1 aromatic heterocycles. The third-order valence-electron chi connectivity index (χ3n) is 3.21. The molecule has 5 heteroatoms. The van der Waals surface area contributed by atoms with Crippen LogP contribution in [0.15, 0.2) is 6.07 Å². The molecule has 2 rings (SSSR count). The summed E-state index contributed by atoms with van der Waals surface area (Å²) in [6, 6.07) is 1.97. The number of aryl methyl sites for hydroxylation is 2. The molecule has 1 aliphatic heterocycles. The molecule has 1 aliphatic rings. The van der Waals surface area contributed by atoms with Gasteiger partial charge in [-0.15, -0.1) is 11.3 Å². The number of carbonyl (C=O) groups excluding carboxylic acids is 1. The Morgan fingerprint density at radius 1 is 1.61 bits per heavy atom. The summed E-state index contributed by atoms with van der Waals surface area (Å²) in [5.41, 5.74) is 1.19. The molecule has 1 atom stereocenters. The average molecular weight is 268 g/mol. The number of hydrogen-bond donors (Lipinski definition) is 1. The lowest BCUT2D eigenvalue weighted by molar-refractivity contribution is 0.0105. The topological polar surface area (TPSA) is 41.6 Å². The first-order valence-electron chi connectivity index (χ1n) is 6.22. The van der Waals surface area contributed by atoms with Gasteiger partial charge in [0.15, 0.2) is 0 Å². The van der Waals surface area contributed by atoms with E-state index >= 15 is 0 Å². The largest absolute Gasteiger partial charge is 0.374 e. The summed E-state index contributed by atoms with van der Waals surface area (Å²) in [7, 11) is 1.84. The molecule has 1 N–H and O–H groups in total. The van der Waals surface area contributed by atoms with Crippen LogP contribution in [0.1, 0.15) is 20.1 Å². The highest BCUT2D eigenvalue weighted by Gasteiger charge is 2.20. The van der Waals surface area contributed by atoms with Crippen LogP contribution in [0.5, 0.6) is 0 Å². The minimum Gasteiger partial charge on any atom is -0.374 e. The van der Waals surface area contributed by atoms with E-state index in [0.29, 0.717) is 6.54 Å². The Morgan fingerprint density at radius 2 is 2.39 bits per heavy atom. The molecule has 0 radical (unpaired) electrons. The zero-order valence-corrected chi connectivity index (χ0v) is 12.0. The van der Waals surface area contributed by atoms with E-state index in [-0.39, 0.29) is 12.0 Å². The van der Waals surface area contributed by atoms with Crippen molar-refractivity contribution in [3.8, 4) is 0 Å². The number of nitrogens with zero attached hydrogens (tertiary/aromatic N) is 1. The highest BCUT2D eigenvalue weighted by molar-refractivity contribution is 7.14. The molecular formula is C13H20N2O2S. The predicted octanol–water partition coefficient (Wildman–Crippen LogP) is 1.43. The minimum absolute atomic E-state index is 0.0883. The number of likely N-dealkylation sites (N-methyl/N-ethyl adjacent to an activating group) is 1. The number of carbonyl (C=O) groups is 1. The first kappa shape index (κ1) is 13.5. The van der Waals surface area contributed by atoms with Gasteiger partial charge in [-0.25, -0.2) is 0 Å². The van der Waals surface area contributed by atoms with E-state index in [1.165, 1.54) is 10.4 Å². The smallest absolute Gasteiger partial charge is 0.263 e. The van der Waals surface area contributed by atoms with Gasteiger partial charge in [0.2, 0.25) is 0 Å². The molecular weight excluding hydrogens is 248 g/mol. The SMILES string of the molecule is Cc1cc(C(=O)N(C)CC2CNCCO2)sc1C. The second-order valence-corrected chi connectivity index (χ2v) is 5.99. The lowest BCUT2D eigenvalue weighted by atomic mass is 10.2. The fourth-order valence-corrected chi connectivity index (χ4v) is 3.02. The predicted molar refractivity (Wildman–Crippen MR) is 73.4 cm³/mol. The molecule has 1 unspecified atom stereocenters. The second-order valence-electron chi connectivity index (χ2n) is 4.73. The monoisotopic (exact) mass is 268 g/mol. The Kier molecular flexibility index (Phi) is 4.37. The molecule has 0 saturated carbocycles. The number of morpholine rings is 1. The van der Waals surface area contributed by atoms with Gasteiger partial charge in [-0.2, -0.15) is 0 Å². The zero-order valence-electron chi connectivity index (χ0n) is 11.2. The summed E-state index contributed by atoms with van der Waals surface area (Å²) in [5, 5.41) is 3.27. The Balaban J connectivity index is 1.95. The van der Waals surface area contributed by atoms with Gasteiger partial charge >= 0.3 is 0 Å². The molecule has 4 nitrogen and oxygen atoms in total. The molecule has 2 heterocycles. The number of amides is 1. The van der Waals surface area contributed by atoms with Crippen LogP contribution in [0, 0.1) is 13.8 Å². The number of nitrogens with one attached hydrogen (secondary N) is 1. The molecule has 0 aromatic carbocycles. The van der Waals surface area contributed by atoms with E-state index in [4.69, 9.17) is 4.74 Å². The summed E-state index contributed by atoms with van der Waals surface area (Å²) in [5.74, 6) is 0.0883. The van der Waals surface area contributed by atoms with Gasteiger partial charge in [-0.3, -0.25) is 4.79 Å². The van der Waals surface area contributed by atoms with Crippen LogP contribution in [0.4, 0.5) is 0 Å². The summed E-state index contributed by atoms with van der Waals surface area (Å²) >= 11 is 1.57.